The van der Waals surface area contributed by atoms with Crippen LogP contribution in [0.1, 0.15) is 32.6 Å². The van der Waals surface area contributed by atoms with Crippen LogP contribution in [0.2, 0.25) is 0 Å². The molecule has 2 unspecified atom stereocenters. The second kappa shape index (κ2) is 6.17. The number of hydrogen-bond acceptors (Lipinski definition) is 2. The molecule has 0 saturated heterocycles. The first-order valence-electron chi connectivity index (χ1n) is 5.33. The van der Waals surface area contributed by atoms with Gasteiger partial charge in [-0.05, 0) is 38.6 Å². The summed E-state index contributed by atoms with van der Waals surface area (Å²) < 4.78 is 0. The van der Waals surface area contributed by atoms with E-state index in [9.17, 15) is 5.11 Å². The van der Waals surface area contributed by atoms with Crippen LogP contribution in [0.4, 0.5) is 0 Å². The maximum atomic E-state index is 9.44. The standard InChI is InChI=1S/C11H21NO/c1-2-3-7-12-9-10-5-4-6-11(13)8-10/h2-3,10-13H,4-9H2,1H3/b3-2+. The minimum atomic E-state index is -0.0396. The molecule has 0 aliphatic heterocycles. The Morgan fingerprint density at radius 2 is 2.31 bits per heavy atom. The van der Waals surface area contributed by atoms with Crippen LogP contribution in [-0.4, -0.2) is 24.3 Å². The van der Waals surface area contributed by atoms with Crippen molar-refractivity contribution in [2.75, 3.05) is 13.1 Å². The normalized spacial score (nSPS) is 29.7. The van der Waals surface area contributed by atoms with E-state index in [1.807, 2.05) is 6.92 Å². The van der Waals surface area contributed by atoms with Crippen molar-refractivity contribution in [2.45, 2.75) is 38.7 Å². The molecule has 13 heavy (non-hydrogen) atoms. The number of allylic oxidation sites excluding steroid dienone is 1. The summed E-state index contributed by atoms with van der Waals surface area (Å²) in [6.07, 6.45) is 8.61. The Labute approximate surface area is 81.0 Å². The summed E-state index contributed by atoms with van der Waals surface area (Å²) in [5, 5.41) is 12.8. The summed E-state index contributed by atoms with van der Waals surface area (Å²) in [7, 11) is 0. The molecule has 2 heteroatoms. The molecule has 0 aromatic carbocycles. The molecule has 1 aliphatic carbocycles. The molecule has 0 bridgehead atoms. The molecule has 2 N–H and O–H groups in total. The summed E-state index contributed by atoms with van der Waals surface area (Å²) in [4.78, 5) is 0. The average Bonchev–Trinajstić information content (AvgIpc) is 2.13. The summed E-state index contributed by atoms with van der Waals surface area (Å²) >= 11 is 0. The van der Waals surface area contributed by atoms with Crippen molar-refractivity contribution >= 4 is 0 Å². The van der Waals surface area contributed by atoms with Crippen LogP contribution in [0, 0.1) is 5.92 Å². The van der Waals surface area contributed by atoms with Gasteiger partial charge in [-0.25, -0.2) is 0 Å². The first-order chi connectivity index (χ1) is 6.33. The van der Waals surface area contributed by atoms with Crippen molar-refractivity contribution in [1.29, 1.82) is 0 Å². The Hall–Kier alpha value is -0.340. The largest absolute Gasteiger partial charge is 0.393 e. The Kier molecular flexibility index (Phi) is 5.09. The van der Waals surface area contributed by atoms with Gasteiger partial charge in [0.05, 0.1) is 6.10 Å². The molecule has 2 atom stereocenters. The third-order valence-electron chi connectivity index (χ3n) is 2.69. The van der Waals surface area contributed by atoms with Gasteiger partial charge in [0.2, 0.25) is 0 Å². The van der Waals surface area contributed by atoms with Crippen molar-refractivity contribution in [3.8, 4) is 0 Å². The molecule has 0 amide bonds. The fraction of sp³-hybridized carbons (Fsp3) is 0.818. The van der Waals surface area contributed by atoms with E-state index >= 15 is 0 Å². The zero-order valence-electron chi connectivity index (χ0n) is 8.50. The molecule has 0 spiro atoms. The molecular weight excluding hydrogens is 162 g/mol. The van der Waals surface area contributed by atoms with E-state index in [-0.39, 0.29) is 6.10 Å². The van der Waals surface area contributed by atoms with Crippen molar-refractivity contribution in [3.05, 3.63) is 12.2 Å². The number of aliphatic hydroxyl groups is 1. The molecule has 0 aromatic rings. The molecule has 76 valence electrons. The fourth-order valence-corrected chi connectivity index (χ4v) is 1.94. The molecule has 1 rings (SSSR count). The van der Waals surface area contributed by atoms with E-state index in [1.54, 1.807) is 0 Å². The lowest BCUT2D eigenvalue weighted by Gasteiger charge is -2.25. The van der Waals surface area contributed by atoms with Gasteiger partial charge in [-0.1, -0.05) is 18.6 Å². The van der Waals surface area contributed by atoms with Gasteiger partial charge in [0.25, 0.3) is 0 Å². The maximum absolute atomic E-state index is 9.44. The predicted molar refractivity (Wildman–Crippen MR) is 55.6 cm³/mol. The molecule has 0 heterocycles. The monoisotopic (exact) mass is 183 g/mol. The van der Waals surface area contributed by atoms with Gasteiger partial charge in [-0.3, -0.25) is 0 Å². The van der Waals surface area contributed by atoms with Crippen LogP contribution in [-0.2, 0) is 0 Å². The Bertz CT molecular complexity index is 156. The van der Waals surface area contributed by atoms with Crippen LogP contribution in [0.15, 0.2) is 12.2 Å². The number of nitrogens with one attached hydrogen (secondary N) is 1. The van der Waals surface area contributed by atoms with Crippen LogP contribution in [0.25, 0.3) is 0 Å². The van der Waals surface area contributed by atoms with Crippen LogP contribution in [0.3, 0.4) is 0 Å². The Morgan fingerprint density at radius 1 is 1.46 bits per heavy atom. The van der Waals surface area contributed by atoms with Crippen molar-refractivity contribution < 1.29 is 5.11 Å². The van der Waals surface area contributed by atoms with E-state index in [0.717, 1.165) is 25.9 Å². The minimum absolute atomic E-state index is 0.0396. The zero-order chi connectivity index (χ0) is 9.52. The molecule has 1 aliphatic rings. The Morgan fingerprint density at radius 3 is 3.00 bits per heavy atom. The van der Waals surface area contributed by atoms with Gasteiger partial charge in [0.1, 0.15) is 0 Å². The van der Waals surface area contributed by atoms with Gasteiger partial charge >= 0.3 is 0 Å². The van der Waals surface area contributed by atoms with Crippen molar-refractivity contribution in [1.82, 2.24) is 5.32 Å². The van der Waals surface area contributed by atoms with Crippen molar-refractivity contribution in [2.24, 2.45) is 5.92 Å². The van der Waals surface area contributed by atoms with Gasteiger partial charge < -0.3 is 10.4 Å². The van der Waals surface area contributed by atoms with Crippen LogP contribution in [0.5, 0.6) is 0 Å². The predicted octanol–water partition coefficient (Wildman–Crippen LogP) is 1.70. The van der Waals surface area contributed by atoms with Gasteiger partial charge in [0.15, 0.2) is 0 Å². The fourth-order valence-electron chi connectivity index (χ4n) is 1.94. The summed E-state index contributed by atoms with van der Waals surface area (Å²) in [5.41, 5.74) is 0. The first kappa shape index (κ1) is 10.7. The minimum Gasteiger partial charge on any atom is -0.393 e. The quantitative estimate of drug-likeness (QED) is 0.513. The molecule has 1 fully saturated rings. The van der Waals surface area contributed by atoms with Gasteiger partial charge in [-0.2, -0.15) is 0 Å². The zero-order valence-corrected chi connectivity index (χ0v) is 8.50. The Balaban J connectivity index is 2.06. The molecule has 0 radical (unpaired) electrons. The van der Waals surface area contributed by atoms with Gasteiger partial charge in [-0.15, -0.1) is 0 Å². The highest BCUT2D eigenvalue weighted by Gasteiger charge is 2.19. The maximum Gasteiger partial charge on any atom is 0.0543 e. The topological polar surface area (TPSA) is 32.3 Å². The van der Waals surface area contributed by atoms with Crippen LogP contribution < -0.4 is 5.32 Å². The van der Waals surface area contributed by atoms with E-state index in [4.69, 9.17) is 0 Å². The summed E-state index contributed by atoms with van der Waals surface area (Å²) in [6.45, 7) is 4.05. The third-order valence-corrected chi connectivity index (χ3v) is 2.69. The smallest absolute Gasteiger partial charge is 0.0543 e. The first-order valence-corrected chi connectivity index (χ1v) is 5.33. The highest BCUT2D eigenvalue weighted by atomic mass is 16.3. The highest BCUT2D eigenvalue weighted by molar-refractivity contribution is 4.81. The van der Waals surface area contributed by atoms with E-state index < -0.39 is 0 Å². The molecular formula is C11H21NO. The second-order valence-electron chi connectivity index (χ2n) is 3.91. The van der Waals surface area contributed by atoms with E-state index in [2.05, 4.69) is 17.5 Å². The van der Waals surface area contributed by atoms with Crippen LogP contribution >= 0.6 is 0 Å². The van der Waals surface area contributed by atoms with E-state index in [1.165, 1.54) is 12.8 Å². The lowest BCUT2D eigenvalue weighted by Crippen LogP contribution is -2.29. The molecule has 2 nitrogen and oxygen atoms in total. The van der Waals surface area contributed by atoms with Gasteiger partial charge in [0, 0.05) is 6.54 Å². The average molecular weight is 183 g/mol. The SMILES string of the molecule is C/C=C/CNCC1CCCC(O)C1. The number of rotatable bonds is 4. The third kappa shape index (κ3) is 4.44. The lowest BCUT2D eigenvalue weighted by atomic mass is 9.87. The molecule has 0 aromatic heterocycles. The summed E-state index contributed by atoms with van der Waals surface area (Å²) in [5.74, 6) is 0.689. The highest BCUT2D eigenvalue weighted by Crippen LogP contribution is 2.23. The van der Waals surface area contributed by atoms with E-state index in [0.29, 0.717) is 5.92 Å². The number of hydrogen-bond donors (Lipinski definition) is 2. The summed E-state index contributed by atoms with van der Waals surface area (Å²) in [6, 6.07) is 0. The molecule has 1 saturated carbocycles. The number of aliphatic hydroxyl groups excluding tert-OH is 1. The van der Waals surface area contributed by atoms with Crippen molar-refractivity contribution in [3.63, 3.8) is 0 Å². The second-order valence-corrected chi connectivity index (χ2v) is 3.91. The lowest BCUT2D eigenvalue weighted by molar-refractivity contribution is 0.101.